The van der Waals surface area contributed by atoms with Crippen molar-refractivity contribution in [3.8, 4) is 5.75 Å². The van der Waals surface area contributed by atoms with E-state index in [4.69, 9.17) is 10.5 Å². The zero-order valence-corrected chi connectivity index (χ0v) is 11.1. The number of ether oxygens (including phenoxy) is 1. The molecule has 0 aromatic heterocycles. The molecule has 0 radical (unpaired) electrons. The third kappa shape index (κ3) is 3.17. The standard InChI is InChI=1S/C14H20N2O3/c1-19-10-4-5-11(12(15)8-10)13(17)16-9-14(18)6-2-3-7-14/h4-5,8,18H,2-3,6-7,9,15H2,1H3,(H,16,17). The van der Waals surface area contributed by atoms with E-state index in [9.17, 15) is 9.90 Å². The highest BCUT2D eigenvalue weighted by atomic mass is 16.5. The van der Waals surface area contributed by atoms with Crippen LogP contribution < -0.4 is 15.8 Å². The van der Waals surface area contributed by atoms with Crippen LogP contribution in [0.3, 0.4) is 0 Å². The maximum absolute atomic E-state index is 12.0. The van der Waals surface area contributed by atoms with Crippen molar-refractivity contribution in [2.24, 2.45) is 0 Å². The minimum atomic E-state index is -0.753. The maximum atomic E-state index is 12.0. The fraction of sp³-hybridized carbons (Fsp3) is 0.500. The minimum Gasteiger partial charge on any atom is -0.497 e. The summed E-state index contributed by atoms with van der Waals surface area (Å²) in [6, 6.07) is 4.93. The molecule has 0 unspecified atom stereocenters. The molecule has 1 fully saturated rings. The quantitative estimate of drug-likeness (QED) is 0.716. The summed E-state index contributed by atoms with van der Waals surface area (Å²) in [6.07, 6.45) is 3.50. The Hall–Kier alpha value is -1.75. The van der Waals surface area contributed by atoms with Gasteiger partial charge in [-0.2, -0.15) is 0 Å². The number of hydrogen-bond donors (Lipinski definition) is 3. The lowest BCUT2D eigenvalue weighted by Gasteiger charge is -2.22. The van der Waals surface area contributed by atoms with E-state index < -0.39 is 5.60 Å². The molecular weight excluding hydrogens is 244 g/mol. The normalized spacial score (nSPS) is 17.2. The molecule has 1 aromatic rings. The van der Waals surface area contributed by atoms with E-state index >= 15 is 0 Å². The number of carbonyl (C=O) groups excluding carboxylic acids is 1. The summed E-state index contributed by atoms with van der Waals surface area (Å²) in [5.41, 5.74) is 5.83. The predicted molar refractivity (Wildman–Crippen MR) is 73.2 cm³/mol. The Balaban J connectivity index is 2.00. The number of rotatable bonds is 4. The fourth-order valence-corrected chi connectivity index (χ4v) is 2.42. The average molecular weight is 264 g/mol. The fourth-order valence-electron chi connectivity index (χ4n) is 2.42. The van der Waals surface area contributed by atoms with Gasteiger partial charge in [-0.3, -0.25) is 4.79 Å². The van der Waals surface area contributed by atoms with E-state index in [0.29, 0.717) is 17.0 Å². The monoisotopic (exact) mass is 264 g/mol. The molecule has 0 heterocycles. The number of nitrogens with two attached hydrogens (primary N) is 1. The predicted octanol–water partition coefficient (Wildman–Crippen LogP) is 1.31. The van der Waals surface area contributed by atoms with Crippen molar-refractivity contribution in [3.63, 3.8) is 0 Å². The molecule has 1 saturated carbocycles. The van der Waals surface area contributed by atoms with Crippen molar-refractivity contribution in [2.75, 3.05) is 19.4 Å². The topological polar surface area (TPSA) is 84.6 Å². The van der Waals surface area contributed by atoms with Crippen molar-refractivity contribution in [2.45, 2.75) is 31.3 Å². The lowest BCUT2D eigenvalue weighted by atomic mass is 10.0. The van der Waals surface area contributed by atoms with E-state index in [1.165, 1.54) is 0 Å². The Morgan fingerprint density at radius 1 is 1.47 bits per heavy atom. The molecular formula is C14H20N2O3. The summed E-state index contributed by atoms with van der Waals surface area (Å²) < 4.78 is 5.04. The van der Waals surface area contributed by atoms with Gasteiger partial charge in [-0.25, -0.2) is 0 Å². The highest BCUT2D eigenvalue weighted by Gasteiger charge is 2.31. The number of carbonyl (C=O) groups is 1. The van der Waals surface area contributed by atoms with Crippen LogP contribution in [0, 0.1) is 0 Å². The Morgan fingerprint density at radius 2 is 2.16 bits per heavy atom. The number of aliphatic hydroxyl groups is 1. The molecule has 1 aromatic carbocycles. The summed E-state index contributed by atoms with van der Waals surface area (Å²) in [5, 5.41) is 12.9. The molecule has 0 aliphatic heterocycles. The van der Waals surface area contributed by atoms with Gasteiger partial charge in [0.25, 0.3) is 5.91 Å². The molecule has 0 saturated heterocycles. The molecule has 2 rings (SSSR count). The Kier molecular flexibility index (Phi) is 3.95. The van der Waals surface area contributed by atoms with Crippen molar-refractivity contribution < 1.29 is 14.6 Å². The van der Waals surface area contributed by atoms with E-state index in [1.807, 2.05) is 0 Å². The van der Waals surface area contributed by atoms with Gasteiger partial charge in [0.2, 0.25) is 0 Å². The number of methoxy groups -OCH3 is 1. The van der Waals surface area contributed by atoms with Gasteiger partial charge in [-0.05, 0) is 25.0 Å². The zero-order valence-electron chi connectivity index (χ0n) is 11.1. The number of nitrogen functional groups attached to an aromatic ring is 1. The van der Waals surface area contributed by atoms with Crippen LogP contribution in [0.15, 0.2) is 18.2 Å². The van der Waals surface area contributed by atoms with E-state index in [1.54, 1.807) is 25.3 Å². The highest BCUT2D eigenvalue weighted by Crippen LogP contribution is 2.28. The molecule has 1 aliphatic rings. The Labute approximate surface area is 112 Å². The second kappa shape index (κ2) is 5.48. The van der Waals surface area contributed by atoms with Crippen LogP contribution >= 0.6 is 0 Å². The Morgan fingerprint density at radius 3 is 2.74 bits per heavy atom. The molecule has 104 valence electrons. The van der Waals surface area contributed by atoms with Gasteiger partial charge in [0.15, 0.2) is 0 Å². The zero-order chi connectivity index (χ0) is 13.9. The second-order valence-corrected chi connectivity index (χ2v) is 5.07. The number of anilines is 1. The largest absolute Gasteiger partial charge is 0.497 e. The molecule has 4 N–H and O–H groups in total. The lowest BCUT2D eigenvalue weighted by molar-refractivity contribution is 0.0450. The molecule has 5 heteroatoms. The first-order chi connectivity index (χ1) is 9.04. The molecule has 0 atom stereocenters. The van der Waals surface area contributed by atoms with Gasteiger partial charge >= 0.3 is 0 Å². The third-order valence-corrected chi connectivity index (χ3v) is 3.62. The van der Waals surface area contributed by atoms with Gasteiger partial charge in [0.05, 0.1) is 18.3 Å². The van der Waals surface area contributed by atoms with Crippen molar-refractivity contribution in [3.05, 3.63) is 23.8 Å². The molecule has 0 bridgehead atoms. The van der Waals surface area contributed by atoms with Crippen molar-refractivity contribution in [1.82, 2.24) is 5.32 Å². The van der Waals surface area contributed by atoms with E-state index in [0.717, 1.165) is 25.7 Å². The van der Waals surface area contributed by atoms with Crippen LogP contribution in [0.2, 0.25) is 0 Å². The van der Waals surface area contributed by atoms with Gasteiger partial charge in [0.1, 0.15) is 5.75 Å². The highest BCUT2D eigenvalue weighted by molar-refractivity contribution is 5.99. The lowest BCUT2D eigenvalue weighted by Crippen LogP contribution is -2.40. The molecule has 0 spiro atoms. The SMILES string of the molecule is COc1ccc(C(=O)NCC2(O)CCCC2)c(N)c1. The molecule has 5 nitrogen and oxygen atoms in total. The molecule has 19 heavy (non-hydrogen) atoms. The van der Waals surface area contributed by atoms with Crippen molar-refractivity contribution >= 4 is 11.6 Å². The van der Waals surface area contributed by atoms with Gasteiger partial charge in [-0.15, -0.1) is 0 Å². The first-order valence-electron chi connectivity index (χ1n) is 6.48. The number of amides is 1. The second-order valence-electron chi connectivity index (χ2n) is 5.07. The first-order valence-corrected chi connectivity index (χ1v) is 6.48. The average Bonchev–Trinajstić information content (AvgIpc) is 2.83. The number of hydrogen-bond acceptors (Lipinski definition) is 4. The number of nitrogens with one attached hydrogen (secondary N) is 1. The van der Waals surface area contributed by atoms with Gasteiger partial charge in [0, 0.05) is 18.3 Å². The van der Waals surface area contributed by atoms with E-state index in [2.05, 4.69) is 5.32 Å². The summed E-state index contributed by atoms with van der Waals surface area (Å²) in [6.45, 7) is 0.275. The Bertz CT molecular complexity index is 468. The van der Waals surface area contributed by atoms with Gasteiger partial charge in [-0.1, -0.05) is 12.8 Å². The van der Waals surface area contributed by atoms with Gasteiger partial charge < -0.3 is 20.9 Å². The minimum absolute atomic E-state index is 0.263. The molecule has 1 aliphatic carbocycles. The van der Waals surface area contributed by atoms with Crippen LogP contribution in [-0.4, -0.2) is 30.3 Å². The van der Waals surface area contributed by atoms with Crippen molar-refractivity contribution in [1.29, 1.82) is 0 Å². The summed E-state index contributed by atoms with van der Waals surface area (Å²) in [4.78, 5) is 12.0. The summed E-state index contributed by atoms with van der Waals surface area (Å²) >= 11 is 0. The smallest absolute Gasteiger partial charge is 0.253 e. The van der Waals surface area contributed by atoms with Crippen LogP contribution in [-0.2, 0) is 0 Å². The van der Waals surface area contributed by atoms with Crippen LogP contribution in [0.4, 0.5) is 5.69 Å². The summed E-state index contributed by atoms with van der Waals surface area (Å²) in [7, 11) is 1.55. The number of benzene rings is 1. The van der Waals surface area contributed by atoms with Crippen LogP contribution in [0.1, 0.15) is 36.0 Å². The maximum Gasteiger partial charge on any atom is 0.253 e. The van der Waals surface area contributed by atoms with Crippen LogP contribution in [0.25, 0.3) is 0 Å². The molecule has 1 amide bonds. The first kappa shape index (κ1) is 13.7. The van der Waals surface area contributed by atoms with Crippen LogP contribution in [0.5, 0.6) is 5.75 Å². The van der Waals surface area contributed by atoms with E-state index in [-0.39, 0.29) is 12.5 Å². The summed E-state index contributed by atoms with van der Waals surface area (Å²) in [5.74, 6) is 0.351. The third-order valence-electron chi connectivity index (χ3n) is 3.62.